The number of alkyl halides is 2. The van der Waals surface area contributed by atoms with E-state index in [2.05, 4.69) is 10.1 Å². The van der Waals surface area contributed by atoms with Crippen molar-refractivity contribution in [3.63, 3.8) is 0 Å². The van der Waals surface area contributed by atoms with Crippen LogP contribution >= 0.6 is 0 Å². The van der Waals surface area contributed by atoms with Crippen molar-refractivity contribution in [2.75, 3.05) is 0 Å². The van der Waals surface area contributed by atoms with Crippen molar-refractivity contribution < 1.29 is 18.3 Å². The van der Waals surface area contributed by atoms with Crippen LogP contribution in [0.1, 0.15) is 31.2 Å². The normalized spacial score (nSPS) is 27.1. The quantitative estimate of drug-likeness (QED) is 0.904. The second kappa shape index (κ2) is 6.00. The van der Waals surface area contributed by atoms with E-state index in [0.29, 0.717) is 12.5 Å². The van der Waals surface area contributed by atoms with Crippen molar-refractivity contribution in [3.05, 3.63) is 29.8 Å². The van der Waals surface area contributed by atoms with Crippen LogP contribution in [0, 0.1) is 17.8 Å². The molecule has 0 radical (unpaired) electrons. The van der Waals surface area contributed by atoms with E-state index in [0.717, 1.165) is 17.9 Å². The highest BCUT2D eigenvalue weighted by molar-refractivity contribution is 5.79. The molecule has 0 aromatic heterocycles. The molecule has 0 unspecified atom stereocenters. The minimum atomic E-state index is -2.81. The zero-order chi connectivity index (χ0) is 14.8. The maximum atomic E-state index is 12.2. The maximum Gasteiger partial charge on any atom is 0.387 e. The highest BCUT2D eigenvalue weighted by Crippen LogP contribution is 2.48. The van der Waals surface area contributed by atoms with E-state index in [1.165, 1.54) is 31.4 Å². The molecule has 1 aromatic rings. The summed E-state index contributed by atoms with van der Waals surface area (Å²) in [5.41, 5.74) is 0.883. The van der Waals surface area contributed by atoms with Crippen molar-refractivity contribution in [2.24, 2.45) is 17.8 Å². The molecule has 1 N–H and O–H groups in total. The average Bonchev–Trinajstić information content (AvgIpc) is 3.08. The van der Waals surface area contributed by atoms with Crippen LogP contribution in [-0.4, -0.2) is 12.5 Å². The molecule has 3 atom stereocenters. The Kier molecular flexibility index (Phi) is 4.08. The van der Waals surface area contributed by atoms with Gasteiger partial charge in [0.15, 0.2) is 0 Å². The van der Waals surface area contributed by atoms with Crippen LogP contribution in [-0.2, 0) is 11.3 Å². The molecule has 3 rings (SSSR count). The SMILES string of the molecule is O=C(NCc1ccc(OC(F)F)cc1)[C@H]1C[C@H]2CC[C@H]1C2. The van der Waals surface area contributed by atoms with Crippen LogP contribution < -0.4 is 10.1 Å². The lowest BCUT2D eigenvalue weighted by atomic mass is 9.88. The molecule has 0 saturated heterocycles. The molecule has 0 heterocycles. The van der Waals surface area contributed by atoms with Gasteiger partial charge in [-0.1, -0.05) is 18.6 Å². The van der Waals surface area contributed by atoms with Gasteiger partial charge in [0, 0.05) is 12.5 Å². The molecule has 2 bridgehead atoms. The van der Waals surface area contributed by atoms with Gasteiger partial charge in [-0.05, 0) is 48.8 Å². The van der Waals surface area contributed by atoms with Gasteiger partial charge >= 0.3 is 6.61 Å². The Morgan fingerprint density at radius 2 is 2.00 bits per heavy atom. The lowest BCUT2D eigenvalue weighted by molar-refractivity contribution is -0.126. The molecule has 2 fully saturated rings. The van der Waals surface area contributed by atoms with Crippen LogP contribution in [0.5, 0.6) is 5.75 Å². The fraction of sp³-hybridized carbons (Fsp3) is 0.562. The van der Waals surface area contributed by atoms with Crippen molar-refractivity contribution in [3.8, 4) is 5.75 Å². The summed E-state index contributed by atoms with van der Waals surface area (Å²) >= 11 is 0. The number of rotatable bonds is 5. The highest BCUT2D eigenvalue weighted by Gasteiger charge is 2.42. The van der Waals surface area contributed by atoms with Gasteiger partial charge in [0.05, 0.1) is 0 Å². The highest BCUT2D eigenvalue weighted by atomic mass is 19.3. The Labute approximate surface area is 122 Å². The third-order valence-electron chi connectivity index (χ3n) is 4.69. The third-order valence-corrected chi connectivity index (χ3v) is 4.69. The number of hydrogen-bond donors (Lipinski definition) is 1. The maximum absolute atomic E-state index is 12.2. The summed E-state index contributed by atoms with van der Waals surface area (Å²) in [6, 6.07) is 6.37. The molecule has 0 spiro atoms. The summed E-state index contributed by atoms with van der Waals surface area (Å²) in [5.74, 6) is 1.75. The Hall–Kier alpha value is -1.65. The third kappa shape index (κ3) is 3.34. The number of carbonyl (C=O) groups excluding carboxylic acids is 1. The summed E-state index contributed by atoms with van der Waals surface area (Å²) in [7, 11) is 0. The minimum absolute atomic E-state index is 0.133. The number of halogens is 2. The van der Waals surface area contributed by atoms with Gasteiger partial charge in [-0.25, -0.2) is 0 Å². The molecular weight excluding hydrogens is 276 g/mol. The lowest BCUT2D eigenvalue weighted by Crippen LogP contribution is -2.33. The first-order valence-electron chi connectivity index (χ1n) is 7.43. The predicted octanol–water partition coefficient (Wildman–Crippen LogP) is 3.34. The first-order chi connectivity index (χ1) is 10.1. The minimum Gasteiger partial charge on any atom is -0.435 e. The molecule has 5 heteroatoms. The van der Waals surface area contributed by atoms with Gasteiger partial charge in [-0.2, -0.15) is 8.78 Å². The van der Waals surface area contributed by atoms with Crippen LogP contribution in [0.15, 0.2) is 24.3 Å². The fourth-order valence-electron chi connectivity index (χ4n) is 3.67. The van der Waals surface area contributed by atoms with Gasteiger partial charge in [0.2, 0.25) is 5.91 Å². The van der Waals surface area contributed by atoms with Crippen LogP contribution in [0.4, 0.5) is 8.78 Å². The molecule has 2 aliphatic rings. The van der Waals surface area contributed by atoms with Crippen LogP contribution in [0.3, 0.4) is 0 Å². The zero-order valence-corrected chi connectivity index (χ0v) is 11.7. The second-order valence-electron chi connectivity index (χ2n) is 6.02. The van der Waals surface area contributed by atoms with E-state index < -0.39 is 6.61 Å². The Balaban J connectivity index is 1.49. The molecule has 21 heavy (non-hydrogen) atoms. The van der Waals surface area contributed by atoms with E-state index in [4.69, 9.17) is 0 Å². The summed E-state index contributed by atoms with van der Waals surface area (Å²) in [6.45, 7) is -2.38. The Morgan fingerprint density at radius 1 is 1.24 bits per heavy atom. The Bertz CT molecular complexity index is 504. The lowest BCUT2D eigenvalue weighted by Gasteiger charge is -2.20. The summed E-state index contributed by atoms with van der Waals surface area (Å²) in [5, 5.41) is 2.96. The van der Waals surface area contributed by atoms with Gasteiger partial charge in [0.1, 0.15) is 5.75 Å². The first kappa shape index (κ1) is 14.3. The smallest absolute Gasteiger partial charge is 0.387 e. The number of ether oxygens (including phenoxy) is 1. The fourth-order valence-corrected chi connectivity index (χ4v) is 3.67. The molecule has 2 saturated carbocycles. The average molecular weight is 295 g/mol. The summed E-state index contributed by atoms with van der Waals surface area (Å²) in [6.07, 6.45) is 4.69. The molecule has 2 aliphatic carbocycles. The van der Waals surface area contributed by atoms with Crippen molar-refractivity contribution in [1.82, 2.24) is 5.32 Å². The van der Waals surface area contributed by atoms with Crippen molar-refractivity contribution in [2.45, 2.75) is 38.8 Å². The predicted molar refractivity (Wildman–Crippen MR) is 73.9 cm³/mol. The van der Waals surface area contributed by atoms with E-state index in [1.807, 2.05) is 0 Å². The number of nitrogens with one attached hydrogen (secondary N) is 1. The van der Waals surface area contributed by atoms with E-state index >= 15 is 0 Å². The van der Waals surface area contributed by atoms with Crippen molar-refractivity contribution in [1.29, 1.82) is 0 Å². The van der Waals surface area contributed by atoms with Gasteiger partial charge < -0.3 is 10.1 Å². The molecule has 0 aliphatic heterocycles. The first-order valence-corrected chi connectivity index (χ1v) is 7.43. The van der Waals surface area contributed by atoms with E-state index in [1.54, 1.807) is 12.1 Å². The largest absolute Gasteiger partial charge is 0.435 e. The molecule has 114 valence electrons. The standard InChI is InChI=1S/C16H19F2NO2/c17-16(18)21-13-5-2-10(3-6-13)9-19-15(20)14-8-11-1-4-12(14)7-11/h2-3,5-6,11-12,14,16H,1,4,7-9H2,(H,19,20)/t11-,12-,14-/m0/s1. The van der Waals surface area contributed by atoms with Crippen LogP contribution in [0.25, 0.3) is 0 Å². The van der Waals surface area contributed by atoms with Gasteiger partial charge in [-0.3, -0.25) is 4.79 Å². The number of carbonyl (C=O) groups is 1. The number of amides is 1. The summed E-state index contributed by atoms with van der Waals surface area (Å²) in [4.78, 5) is 12.2. The van der Waals surface area contributed by atoms with Gasteiger partial charge in [0.25, 0.3) is 0 Å². The monoisotopic (exact) mass is 295 g/mol. The van der Waals surface area contributed by atoms with Gasteiger partial charge in [-0.15, -0.1) is 0 Å². The zero-order valence-electron chi connectivity index (χ0n) is 11.7. The molecule has 1 aromatic carbocycles. The Morgan fingerprint density at radius 3 is 2.57 bits per heavy atom. The van der Waals surface area contributed by atoms with Crippen molar-refractivity contribution >= 4 is 5.91 Å². The summed E-state index contributed by atoms with van der Waals surface area (Å²) < 4.78 is 28.4. The molecule has 1 amide bonds. The number of hydrogen-bond acceptors (Lipinski definition) is 2. The van der Waals surface area contributed by atoms with E-state index in [9.17, 15) is 13.6 Å². The number of fused-ring (bicyclic) bond motifs is 2. The molecular formula is C16H19F2NO2. The number of benzene rings is 1. The van der Waals surface area contributed by atoms with Crippen LogP contribution in [0.2, 0.25) is 0 Å². The van der Waals surface area contributed by atoms with E-state index in [-0.39, 0.29) is 17.6 Å². The second-order valence-corrected chi connectivity index (χ2v) is 6.02. The molecule has 3 nitrogen and oxygen atoms in total. The topological polar surface area (TPSA) is 38.3 Å².